The molecule has 22 heavy (non-hydrogen) atoms. The maximum absolute atomic E-state index is 5.77. The van der Waals surface area contributed by atoms with Gasteiger partial charge in [0.05, 0.1) is 5.71 Å². The van der Waals surface area contributed by atoms with Gasteiger partial charge in [-0.2, -0.15) is 0 Å². The maximum Gasteiger partial charge on any atom is 0.145 e. The van der Waals surface area contributed by atoms with E-state index >= 15 is 0 Å². The van der Waals surface area contributed by atoms with Gasteiger partial charge >= 0.3 is 0 Å². The third-order valence-electron chi connectivity index (χ3n) is 3.81. The predicted octanol–water partition coefficient (Wildman–Crippen LogP) is 4.87. The third-order valence-corrected chi connectivity index (χ3v) is 3.81. The normalized spacial score (nSPS) is 13.0. The van der Waals surface area contributed by atoms with E-state index in [1.807, 2.05) is 30.3 Å². The van der Waals surface area contributed by atoms with Crippen molar-refractivity contribution in [1.82, 2.24) is 0 Å². The number of ether oxygens (including phenoxy) is 1. The number of benzene rings is 3. The molecule has 0 saturated heterocycles. The second kappa shape index (κ2) is 5.49. The third kappa shape index (κ3) is 2.40. The fourth-order valence-electron chi connectivity index (χ4n) is 2.63. The van der Waals surface area contributed by atoms with E-state index in [2.05, 4.69) is 48.5 Å². The molecular formula is C20H15NO. The lowest BCUT2D eigenvalue weighted by atomic mass is 10.0. The molecule has 0 unspecified atom stereocenters. The summed E-state index contributed by atoms with van der Waals surface area (Å²) in [5.74, 6) is 0.854. The molecule has 1 aliphatic rings. The van der Waals surface area contributed by atoms with Gasteiger partial charge in [-0.15, -0.1) is 0 Å². The van der Waals surface area contributed by atoms with Crippen LogP contribution in [0.3, 0.4) is 0 Å². The van der Waals surface area contributed by atoms with Crippen molar-refractivity contribution >= 4 is 11.4 Å². The highest BCUT2D eigenvalue weighted by molar-refractivity contribution is 6.04. The molecule has 2 heteroatoms. The first-order chi connectivity index (χ1) is 10.9. The number of nitrogens with zero attached hydrogens (tertiary/aromatic N) is 1. The van der Waals surface area contributed by atoms with Gasteiger partial charge in [0.1, 0.15) is 18.0 Å². The average Bonchev–Trinajstić information content (AvgIpc) is 2.62. The van der Waals surface area contributed by atoms with Crippen molar-refractivity contribution in [2.24, 2.45) is 4.99 Å². The summed E-state index contributed by atoms with van der Waals surface area (Å²) in [4.78, 5) is 4.71. The van der Waals surface area contributed by atoms with Gasteiger partial charge in [0.15, 0.2) is 0 Å². The molecule has 0 aromatic heterocycles. The Bertz CT molecular complexity index is 820. The molecule has 1 aliphatic heterocycles. The summed E-state index contributed by atoms with van der Waals surface area (Å²) >= 11 is 0. The fourth-order valence-corrected chi connectivity index (χ4v) is 2.63. The summed E-state index contributed by atoms with van der Waals surface area (Å²) in [6.45, 7) is 0.516. The Kier molecular flexibility index (Phi) is 3.20. The Morgan fingerprint density at radius 1 is 0.636 bits per heavy atom. The van der Waals surface area contributed by atoms with Gasteiger partial charge in [-0.1, -0.05) is 66.7 Å². The molecule has 0 radical (unpaired) electrons. The molecule has 1 heterocycles. The number of fused-ring (bicyclic) bond motifs is 1. The first-order valence-corrected chi connectivity index (χ1v) is 7.35. The van der Waals surface area contributed by atoms with Crippen LogP contribution < -0.4 is 4.74 Å². The van der Waals surface area contributed by atoms with E-state index in [9.17, 15) is 0 Å². The Morgan fingerprint density at radius 3 is 2.09 bits per heavy atom. The first kappa shape index (κ1) is 12.8. The van der Waals surface area contributed by atoms with E-state index in [1.54, 1.807) is 0 Å². The van der Waals surface area contributed by atoms with Crippen LogP contribution in [0.2, 0.25) is 0 Å². The van der Waals surface area contributed by atoms with E-state index < -0.39 is 0 Å². The first-order valence-electron chi connectivity index (χ1n) is 7.35. The molecule has 0 fully saturated rings. The van der Waals surface area contributed by atoms with Crippen LogP contribution in [-0.2, 0) is 0 Å². The second-order valence-electron chi connectivity index (χ2n) is 5.26. The molecule has 0 amide bonds. The standard InChI is InChI=1S/C20H15NO/c1-2-6-15(7-3-1)16-10-12-17(13-11-16)19-14-22-20-9-5-4-8-18(20)21-19/h1-13H,14H2. The molecule has 106 valence electrons. The van der Waals surface area contributed by atoms with Crippen molar-refractivity contribution in [3.05, 3.63) is 84.4 Å². The zero-order valence-corrected chi connectivity index (χ0v) is 12.1. The van der Waals surface area contributed by atoms with Crippen LogP contribution in [0, 0.1) is 0 Å². The summed E-state index contributed by atoms with van der Waals surface area (Å²) in [7, 11) is 0. The zero-order chi connectivity index (χ0) is 14.8. The Morgan fingerprint density at radius 2 is 1.27 bits per heavy atom. The lowest BCUT2D eigenvalue weighted by Gasteiger charge is -2.17. The van der Waals surface area contributed by atoms with Crippen molar-refractivity contribution in [2.45, 2.75) is 0 Å². The van der Waals surface area contributed by atoms with Gasteiger partial charge in [0.25, 0.3) is 0 Å². The molecule has 0 saturated carbocycles. The molecule has 0 spiro atoms. The Balaban J connectivity index is 1.66. The quantitative estimate of drug-likeness (QED) is 0.658. The van der Waals surface area contributed by atoms with Crippen molar-refractivity contribution in [1.29, 1.82) is 0 Å². The minimum absolute atomic E-state index is 0.516. The predicted molar refractivity (Wildman–Crippen MR) is 90.0 cm³/mol. The Hall–Kier alpha value is -2.87. The number of rotatable bonds is 2. The van der Waals surface area contributed by atoms with Crippen LogP contribution in [0.5, 0.6) is 5.75 Å². The van der Waals surface area contributed by atoms with Crippen molar-refractivity contribution < 1.29 is 4.74 Å². The number of hydrogen-bond acceptors (Lipinski definition) is 2. The van der Waals surface area contributed by atoms with Crippen LogP contribution in [-0.4, -0.2) is 12.3 Å². The van der Waals surface area contributed by atoms with Crippen molar-refractivity contribution in [3.8, 4) is 16.9 Å². The number of para-hydroxylation sites is 2. The highest BCUT2D eigenvalue weighted by Gasteiger charge is 2.13. The second-order valence-corrected chi connectivity index (χ2v) is 5.26. The SMILES string of the molecule is c1ccc(-c2ccc(C3=Nc4ccccc4OC3)cc2)cc1. The van der Waals surface area contributed by atoms with Crippen LogP contribution in [0.1, 0.15) is 5.56 Å². The summed E-state index contributed by atoms with van der Waals surface area (Å²) < 4.78 is 5.77. The number of hydrogen-bond donors (Lipinski definition) is 0. The van der Waals surface area contributed by atoms with Gasteiger partial charge < -0.3 is 4.74 Å². The van der Waals surface area contributed by atoms with E-state index in [0.717, 1.165) is 22.7 Å². The summed E-state index contributed by atoms with van der Waals surface area (Å²) in [6.07, 6.45) is 0. The Labute approximate surface area is 129 Å². The van der Waals surface area contributed by atoms with Crippen LogP contribution in [0.15, 0.2) is 83.9 Å². The molecule has 0 aliphatic carbocycles. The average molecular weight is 285 g/mol. The topological polar surface area (TPSA) is 21.6 Å². The highest BCUT2D eigenvalue weighted by Crippen LogP contribution is 2.31. The maximum atomic E-state index is 5.77. The lowest BCUT2D eigenvalue weighted by Crippen LogP contribution is -2.16. The summed E-state index contributed by atoms with van der Waals surface area (Å²) in [5, 5.41) is 0. The van der Waals surface area contributed by atoms with Gasteiger partial charge in [-0.05, 0) is 28.8 Å². The molecule has 0 atom stereocenters. The van der Waals surface area contributed by atoms with Crippen LogP contribution >= 0.6 is 0 Å². The largest absolute Gasteiger partial charge is 0.485 e. The molecule has 4 rings (SSSR count). The summed E-state index contributed by atoms with van der Waals surface area (Å²) in [5.41, 5.74) is 5.41. The number of aliphatic imine (C=N–C) groups is 1. The van der Waals surface area contributed by atoms with Crippen LogP contribution in [0.4, 0.5) is 5.69 Å². The molecule has 3 aromatic carbocycles. The summed E-state index contributed by atoms with van der Waals surface area (Å²) in [6, 6.07) is 26.7. The van der Waals surface area contributed by atoms with Crippen molar-refractivity contribution in [3.63, 3.8) is 0 Å². The lowest BCUT2D eigenvalue weighted by molar-refractivity contribution is 0.373. The van der Waals surface area contributed by atoms with E-state index in [-0.39, 0.29) is 0 Å². The molecule has 3 aromatic rings. The molecule has 0 N–H and O–H groups in total. The minimum Gasteiger partial charge on any atom is -0.485 e. The molecular weight excluding hydrogens is 270 g/mol. The van der Waals surface area contributed by atoms with E-state index in [4.69, 9.17) is 9.73 Å². The van der Waals surface area contributed by atoms with Gasteiger partial charge in [-0.3, -0.25) is 0 Å². The smallest absolute Gasteiger partial charge is 0.145 e. The van der Waals surface area contributed by atoms with Gasteiger partial charge in [0, 0.05) is 0 Å². The molecule has 0 bridgehead atoms. The van der Waals surface area contributed by atoms with E-state index in [0.29, 0.717) is 6.61 Å². The monoisotopic (exact) mass is 285 g/mol. The van der Waals surface area contributed by atoms with E-state index in [1.165, 1.54) is 11.1 Å². The minimum atomic E-state index is 0.516. The fraction of sp³-hybridized carbons (Fsp3) is 0.0500. The van der Waals surface area contributed by atoms with Crippen LogP contribution in [0.25, 0.3) is 11.1 Å². The van der Waals surface area contributed by atoms with Crippen molar-refractivity contribution in [2.75, 3.05) is 6.61 Å². The van der Waals surface area contributed by atoms with Gasteiger partial charge in [-0.25, -0.2) is 4.99 Å². The molecule has 2 nitrogen and oxygen atoms in total. The zero-order valence-electron chi connectivity index (χ0n) is 12.1. The van der Waals surface area contributed by atoms with Gasteiger partial charge in [0.2, 0.25) is 0 Å². The highest BCUT2D eigenvalue weighted by atomic mass is 16.5.